The predicted octanol–water partition coefficient (Wildman–Crippen LogP) is 3.46. The molecule has 3 fully saturated rings. The number of nitriles is 1. The number of nitrogens with zero attached hydrogens (tertiary/aromatic N) is 3. The maximum atomic E-state index is 11.4. The highest BCUT2D eigenvalue weighted by molar-refractivity contribution is 5.65. The minimum absolute atomic E-state index is 0.351. The number of carbonyl (C=O) groups is 1. The number of amides is 1. The van der Waals surface area contributed by atoms with E-state index in [0.717, 1.165) is 50.6 Å². The van der Waals surface area contributed by atoms with Gasteiger partial charge in [-0.1, -0.05) is 30.3 Å². The monoisotopic (exact) mass is 353 g/mol. The molecular weight excluding hydrogens is 326 g/mol. The van der Waals surface area contributed by atoms with Crippen LogP contribution in [0.25, 0.3) is 0 Å². The van der Waals surface area contributed by atoms with Crippen LogP contribution in [0.3, 0.4) is 0 Å². The van der Waals surface area contributed by atoms with Gasteiger partial charge < -0.3 is 10.0 Å². The van der Waals surface area contributed by atoms with Gasteiger partial charge in [-0.15, -0.1) is 0 Å². The number of hydrogen-bond donors (Lipinski definition) is 1. The molecule has 0 spiro atoms. The van der Waals surface area contributed by atoms with E-state index in [1.54, 1.807) is 4.90 Å². The van der Waals surface area contributed by atoms with Crippen LogP contribution < -0.4 is 0 Å². The van der Waals surface area contributed by atoms with E-state index in [0.29, 0.717) is 31.1 Å². The van der Waals surface area contributed by atoms with E-state index < -0.39 is 6.09 Å². The molecule has 5 heteroatoms. The largest absolute Gasteiger partial charge is 0.465 e. The quantitative estimate of drug-likeness (QED) is 0.884. The van der Waals surface area contributed by atoms with Gasteiger partial charge in [0, 0.05) is 25.2 Å². The second-order valence-corrected chi connectivity index (χ2v) is 8.19. The first-order valence-electron chi connectivity index (χ1n) is 9.83. The van der Waals surface area contributed by atoms with Crippen LogP contribution in [0.5, 0.6) is 0 Å². The van der Waals surface area contributed by atoms with Gasteiger partial charge in [0.15, 0.2) is 0 Å². The second kappa shape index (κ2) is 6.92. The summed E-state index contributed by atoms with van der Waals surface area (Å²) in [7, 11) is 0. The summed E-state index contributed by atoms with van der Waals surface area (Å²) in [5, 5.41) is 19.3. The summed E-state index contributed by atoms with van der Waals surface area (Å²) in [6.07, 6.45) is 5.37. The number of hydrogen-bond acceptors (Lipinski definition) is 3. The molecule has 0 unspecified atom stereocenters. The van der Waals surface area contributed by atoms with Gasteiger partial charge in [-0.05, 0) is 56.6 Å². The third-order valence-corrected chi connectivity index (χ3v) is 6.91. The zero-order valence-electron chi connectivity index (χ0n) is 15.2. The van der Waals surface area contributed by atoms with Crippen molar-refractivity contribution in [3.63, 3.8) is 0 Å². The van der Waals surface area contributed by atoms with Gasteiger partial charge in [0.25, 0.3) is 0 Å². The lowest BCUT2D eigenvalue weighted by Crippen LogP contribution is -2.52. The molecule has 2 heterocycles. The summed E-state index contributed by atoms with van der Waals surface area (Å²) in [6, 6.07) is 13.7. The maximum absolute atomic E-state index is 11.4. The van der Waals surface area contributed by atoms with E-state index in [9.17, 15) is 15.2 Å². The van der Waals surface area contributed by atoms with Crippen molar-refractivity contribution in [1.82, 2.24) is 9.80 Å². The molecule has 1 amide bonds. The number of carboxylic acid groups (broad SMARTS) is 1. The van der Waals surface area contributed by atoms with Gasteiger partial charge in [-0.3, -0.25) is 4.90 Å². The topological polar surface area (TPSA) is 67.6 Å². The van der Waals surface area contributed by atoms with Crippen molar-refractivity contribution in [2.24, 2.45) is 5.92 Å². The van der Waals surface area contributed by atoms with Crippen molar-refractivity contribution in [3.05, 3.63) is 35.9 Å². The molecule has 1 N–H and O–H groups in total. The summed E-state index contributed by atoms with van der Waals surface area (Å²) in [5.74, 6) is 0.483. The molecule has 5 nitrogen and oxygen atoms in total. The van der Waals surface area contributed by atoms with Crippen LogP contribution >= 0.6 is 0 Å². The first-order chi connectivity index (χ1) is 12.6. The molecule has 1 aliphatic carbocycles. The third-order valence-electron chi connectivity index (χ3n) is 6.91. The lowest BCUT2D eigenvalue weighted by atomic mass is 9.68. The Morgan fingerprint density at radius 2 is 1.88 bits per heavy atom. The number of piperidine rings is 1. The fourth-order valence-electron chi connectivity index (χ4n) is 5.47. The van der Waals surface area contributed by atoms with Crippen LogP contribution in [-0.2, 0) is 5.41 Å². The standard InChI is InChI=1S/C21H27N3O2/c22-15-21(17-6-2-1-3-7-17)10-8-18(9-11-21)24-12-4-5-16-13-23(20(25)26)14-19(16)24/h1-3,6-7,16,18-19H,4-5,8-14H2,(H,25,26)/t16-,18?,19+,21?/m0/s1. The van der Waals surface area contributed by atoms with E-state index in [-0.39, 0.29) is 5.41 Å². The van der Waals surface area contributed by atoms with E-state index in [2.05, 4.69) is 23.1 Å². The van der Waals surface area contributed by atoms with E-state index in [1.807, 2.05) is 18.2 Å². The summed E-state index contributed by atoms with van der Waals surface area (Å²) in [6.45, 7) is 2.41. The fraction of sp³-hybridized carbons (Fsp3) is 0.619. The lowest BCUT2D eigenvalue weighted by Gasteiger charge is -2.46. The molecule has 2 saturated heterocycles. The minimum atomic E-state index is -0.782. The molecule has 0 bridgehead atoms. The smallest absolute Gasteiger partial charge is 0.407 e. The van der Waals surface area contributed by atoms with Crippen molar-refractivity contribution in [3.8, 4) is 6.07 Å². The molecule has 138 valence electrons. The summed E-state index contributed by atoms with van der Waals surface area (Å²) >= 11 is 0. The zero-order valence-corrected chi connectivity index (χ0v) is 15.2. The average Bonchev–Trinajstić information content (AvgIpc) is 3.13. The Morgan fingerprint density at radius 1 is 1.15 bits per heavy atom. The van der Waals surface area contributed by atoms with Crippen molar-refractivity contribution in [2.75, 3.05) is 19.6 Å². The molecule has 4 rings (SSSR count). The number of rotatable bonds is 2. The van der Waals surface area contributed by atoms with Crippen molar-refractivity contribution >= 4 is 6.09 Å². The summed E-state index contributed by atoms with van der Waals surface area (Å²) in [5.41, 5.74) is 0.797. The van der Waals surface area contributed by atoms with Gasteiger partial charge in [-0.2, -0.15) is 5.26 Å². The highest BCUT2D eigenvalue weighted by Crippen LogP contribution is 2.42. The Morgan fingerprint density at radius 3 is 2.54 bits per heavy atom. The Hall–Kier alpha value is -2.06. The molecule has 0 aromatic heterocycles. The second-order valence-electron chi connectivity index (χ2n) is 8.19. The molecule has 0 radical (unpaired) electrons. The Labute approximate surface area is 155 Å². The van der Waals surface area contributed by atoms with Gasteiger partial charge in [0.2, 0.25) is 0 Å². The van der Waals surface area contributed by atoms with E-state index in [1.165, 1.54) is 0 Å². The number of benzene rings is 1. The molecule has 2 aliphatic heterocycles. The highest BCUT2D eigenvalue weighted by Gasteiger charge is 2.45. The van der Waals surface area contributed by atoms with Crippen LogP contribution in [0.2, 0.25) is 0 Å². The van der Waals surface area contributed by atoms with Gasteiger partial charge >= 0.3 is 6.09 Å². The van der Waals surface area contributed by atoms with Gasteiger partial charge in [0.1, 0.15) is 0 Å². The Kier molecular flexibility index (Phi) is 4.62. The van der Waals surface area contributed by atoms with E-state index in [4.69, 9.17) is 0 Å². The lowest BCUT2D eigenvalue weighted by molar-refractivity contribution is 0.0487. The fourth-order valence-corrected chi connectivity index (χ4v) is 5.47. The van der Waals surface area contributed by atoms with Crippen LogP contribution in [-0.4, -0.2) is 52.7 Å². The van der Waals surface area contributed by atoms with Crippen LogP contribution in [0, 0.1) is 17.2 Å². The highest BCUT2D eigenvalue weighted by atomic mass is 16.4. The van der Waals surface area contributed by atoms with Gasteiger partial charge in [0.05, 0.1) is 11.5 Å². The van der Waals surface area contributed by atoms with Crippen LogP contribution in [0.1, 0.15) is 44.1 Å². The third kappa shape index (κ3) is 2.97. The number of fused-ring (bicyclic) bond motifs is 1. The molecular formula is C21H27N3O2. The minimum Gasteiger partial charge on any atom is -0.465 e. The Bertz CT molecular complexity index is 691. The average molecular weight is 353 g/mol. The maximum Gasteiger partial charge on any atom is 0.407 e. The normalized spacial score (nSPS) is 34.9. The van der Waals surface area contributed by atoms with E-state index >= 15 is 0 Å². The molecule has 1 aromatic rings. The van der Waals surface area contributed by atoms with Crippen molar-refractivity contribution in [2.45, 2.75) is 56.0 Å². The SMILES string of the molecule is N#CC1(c2ccccc2)CCC(N2CCC[C@H]3CN(C(=O)O)C[C@H]32)CC1. The molecule has 2 atom stereocenters. The molecule has 1 aromatic carbocycles. The molecule has 1 saturated carbocycles. The van der Waals surface area contributed by atoms with Crippen LogP contribution in [0.4, 0.5) is 4.79 Å². The predicted molar refractivity (Wildman–Crippen MR) is 98.8 cm³/mol. The zero-order chi connectivity index (χ0) is 18.1. The summed E-state index contributed by atoms with van der Waals surface area (Å²) in [4.78, 5) is 15.6. The van der Waals surface area contributed by atoms with Gasteiger partial charge in [-0.25, -0.2) is 4.79 Å². The first kappa shape index (κ1) is 17.4. The first-order valence-corrected chi connectivity index (χ1v) is 9.83. The molecule has 26 heavy (non-hydrogen) atoms. The summed E-state index contributed by atoms with van der Waals surface area (Å²) < 4.78 is 0. The molecule has 3 aliphatic rings. The van der Waals surface area contributed by atoms with Crippen molar-refractivity contribution in [1.29, 1.82) is 5.26 Å². The van der Waals surface area contributed by atoms with Crippen molar-refractivity contribution < 1.29 is 9.90 Å². The Balaban J connectivity index is 1.46. The number of likely N-dealkylation sites (tertiary alicyclic amines) is 2. The van der Waals surface area contributed by atoms with Crippen LogP contribution in [0.15, 0.2) is 30.3 Å².